The number of hydrogen-bond donors (Lipinski definition) is 2. The van der Waals surface area contributed by atoms with Crippen molar-refractivity contribution in [2.75, 3.05) is 10.6 Å². The molecule has 0 unspecified atom stereocenters. The maximum absolute atomic E-state index is 12.9. The average molecular weight is 336 g/mol. The topological polar surface area (TPSA) is 66.9 Å². The molecule has 0 aliphatic rings. The Balaban J connectivity index is 1.57. The highest BCUT2D eigenvalue weighted by atomic mass is 19.1. The van der Waals surface area contributed by atoms with Gasteiger partial charge in [-0.05, 0) is 61.0 Å². The van der Waals surface area contributed by atoms with Gasteiger partial charge in [-0.15, -0.1) is 5.10 Å². The van der Waals surface area contributed by atoms with Crippen molar-refractivity contribution in [3.05, 3.63) is 77.7 Å². The third-order valence-electron chi connectivity index (χ3n) is 3.52. The van der Waals surface area contributed by atoms with Crippen LogP contribution in [0.15, 0.2) is 60.7 Å². The molecule has 0 aliphatic carbocycles. The lowest BCUT2D eigenvalue weighted by Crippen LogP contribution is -2.14. The molecule has 1 aromatic heterocycles. The summed E-state index contributed by atoms with van der Waals surface area (Å²) < 4.78 is 12.9. The molecule has 1 amide bonds. The molecular formula is C19H17FN4O. The van der Waals surface area contributed by atoms with Gasteiger partial charge in [-0.3, -0.25) is 4.79 Å². The number of benzene rings is 2. The van der Waals surface area contributed by atoms with Gasteiger partial charge in [0.2, 0.25) is 5.91 Å². The van der Waals surface area contributed by atoms with Crippen LogP contribution in [0.3, 0.4) is 0 Å². The van der Waals surface area contributed by atoms with Crippen molar-refractivity contribution in [3.8, 4) is 0 Å². The fourth-order valence-electron chi connectivity index (χ4n) is 2.24. The molecule has 0 aliphatic heterocycles. The van der Waals surface area contributed by atoms with Crippen LogP contribution in [-0.4, -0.2) is 16.1 Å². The van der Waals surface area contributed by atoms with Crippen LogP contribution in [-0.2, 0) is 11.2 Å². The maximum atomic E-state index is 12.9. The minimum atomic E-state index is -0.314. The van der Waals surface area contributed by atoms with E-state index < -0.39 is 0 Å². The minimum absolute atomic E-state index is 0.156. The molecule has 0 atom stereocenters. The van der Waals surface area contributed by atoms with Crippen LogP contribution in [0.2, 0.25) is 0 Å². The van der Waals surface area contributed by atoms with E-state index in [9.17, 15) is 9.18 Å². The predicted octanol–water partition coefficient (Wildman–Crippen LogP) is 3.85. The van der Waals surface area contributed by atoms with E-state index in [-0.39, 0.29) is 18.1 Å². The predicted molar refractivity (Wildman–Crippen MR) is 95.2 cm³/mol. The fourth-order valence-corrected chi connectivity index (χ4v) is 2.24. The molecule has 0 fully saturated rings. The average Bonchev–Trinajstić information content (AvgIpc) is 2.61. The molecule has 3 aromatic rings. The summed E-state index contributed by atoms with van der Waals surface area (Å²) in [4.78, 5) is 12.0. The van der Waals surface area contributed by atoms with Crippen LogP contribution < -0.4 is 10.6 Å². The van der Waals surface area contributed by atoms with Crippen molar-refractivity contribution in [2.45, 2.75) is 13.3 Å². The summed E-state index contributed by atoms with van der Waals surface area (Å²) in [5.41, 5.74) is 3.14. The van der Waals surface area contributed by atoms with E-state index in [1.54, 1.807) is 24.3 Å². The second kappa shape index (κ2) is 7.53. The monoisotopic (exact) mass is 336 g/mol. The van der Waals surface area contributed by atoms with E-state index in [0.29, 0.717) is 11.5 Å². The number of nitrogens with one attached hydrogen (secondary N) is 2. The maximum Gasteiger partial charge on any atom is 0.228 e. The first-order chi connectivity index (χ1) is 12.1. The Labute approximate surface area is 144 Å². The molecular weight excluding hydrogens is 319 g/mol. The number of aryl methyl sites for hydroxylation is 1. The van der Waals surface area contributed by atoms with Crippen LogP contribution in [0, 0.1) is 12.7 Å². The molecule has 6 heteroatoms. The standard InChI is InChI=1S/C19H17FN4O/c1-13-2-11-18(24-23-13)21-16-7-9-17(10-8-16)22-19(25)12-14-3-5-15(20)6-4-14/h2-11H,12H2,1H3,(H,21,24)(H,22,25). The summed E-state index contributed by atoms with van der Waals surface area (Å²) in [5, 5.41) is 14.0. The molecule has 0 bridgehead atoms. The van der Waals surface area contributed by atoms with Crippen LogP contribution in [0.4, 0.5) is 21.6 Å². The first-order valence-electron chi connectivity index (χ1n) is 7.80. The zero-order valence-electron chi connectivity index (χ0n) is 13.7. The van der Waals surface area contributed by atoms with Crippen molar-refractivity contribution in [1.82, 2.24) is 10.2 Å². The highest BCUT2D eigenvalue weighted by Gasteiger charge is 2.05. The van der Waals surface area contributed by atoms with E-state index in [0.717, 1.165) is 16.9 Å². The van der Waals surface area contributed by atoms with Gasteiger partial charge in [-0.25, -0.2) is 4.39 Å². The van der Waals surface area contributed by atoms with Gasteiger partial charge < -0.3 is 10.6 Å². The number of carbonyl (C=O) groups excluding carboxylic acids is 1. The van der Waals surface area contributed by atoms with Crippen molar-refractivity contribution in [1.29, 1.82) is 0 Å². The number of amides is 1. The zero-order chi connectivity index (χ0) is 17.6. The van der Waals surface area contributed by atoms with E-state index >= 15 is 0 Å². The van der Waals surface area contributed by atoms with E-state index in [1.165, 1.54) is 12.1 Å². The molecule has 1 heterocycles. The Bertz CT molecular complexity index is 846. The summed E-state index contributed by atoms with van der Waals surface area (Å²) in [6, 6.07) is 16.9. The molecule has 3 rings (SSSR count). The number of nitrogens with zero attached hydrogens (tertiary/aromatic N) is 2. The van der Waals surface area contributed by atoms with E-state index in [4.69, 9.17) is 0 Å². The van der Waals surface area contributed by atoms with Gasteiger partial charge in [-0.2, -0.15) is 5.10 Å². The summed E-state index contributed by atoms with van der Waals surface area (Å²) in [6.45, 7) is 1.88. The quantitative estimate of drug-likeness (QED) is 0.743. The van der Waals surface area contributed by atoms with Crippen molar-refractivity contribution < 1.29 is 9.18 Å². The molecule has 126 valence electrons. The Hall–Kier alpha value is -3.28. The lowest BCUT2D eigenvalue weighted by molar-refractivity contribution is -0.115. The smallest absolute Gasteiger partial charge is 0.228 e. The molecule has 2 N–H and O–H groups in total. The van der Waals surface area contributed by atoms with Crippen molar-refractivity contribution in [2.24, 2.45) is 0 Å². The molecule has 5 nitrogen and oxygen atoms in total. The first-order valence-corrected chi connectivity index (χ1v) is 7.80. The largest absolute Gasteiger partial charge is 0.339 e. The molecule has 0 saturated carbocycles. The van der Waals surface area contributed by atoms with Crippen LogP contribution in [0.5, 0.6) is 0 Å². The second-order valence-electron chi connectivity index (χ2n) is 5.61. The van der Waals surface area contributed by atoms with Gasteiger partial charge in [0, 0.05) is 11.4 Å². The van der Waals surface area contributed by atoms with Gasteiger partial charge in [0.15, 0.2) is 5.82 Å². The lowest BCUT2D eigenvalue weighted by atomic mass is 10.1. The van der Waals surface area contributed by atoms with Crippen molar-refractivity contribution in [3.63, 3.8) is 0 Å². The molecule has 0 saturated heterocycles. The van der Waals surface area contributed by atoms with E-state index in [2.05, 4.69) is 20.8 Å². The summed E-state index contributed by atoms with van der Waals surface area (Å²) in [6.07, 6.45) is 0.194. The molecule has 2 aromatic carbocycles. The molecule has 25 heavy (non-hydrogen) atoms. The van der Waals surface area contributed by atoms with Crippen LogP contribution >= 0.6 is 0 Å². The Morgan fingerprint density at radius 3 is 2.24 bits per heavy atom. The molecule has 0 spiro atoms. The Morgan fingerprint density at radius 2 is 1.60 bits per heavy atom. The van der Waals surface area contributed by atoms with Crippen LogP contribution in [0.25, 0.3) is 0 Å². The third kappa shape index (κ3) is 4.84. The molecule has 0 radical (unpaired) electrons. The lowest BCUT2D eigenvalue weighted by Gasteiger charge is -2.08. The number of hydrogen-bond acceptors (Lipinski definition) is 4. The third-order valence-corrected chi connectivity index (χ3v) is 3.52. The number of aromatic nitrogens is 2. The van der Waals surface area contributed by atoms with Gasteiger partial charge in [0.05, 0.1) is 12.1 Å². The Kier molecular flexibility index (Phi) is 4.99. The first kappa shape index (κ1) is 16.6. The van der Waals surface area contributed by atoms with Gasteiger partial charge in [-0.1, -0.05) is 12.1 Å². The van der Waals surface area contributed by atoms with Crippen molar-refractivity contribution >= 4 is 23.1 Å². The second-order valence-corrected chi connectivity index (χ2v) is 5.61. The number of halogens is 1. The minimum Gasteiger partial charge on any atom is -0.339 e. The van der Waals surface area contributed by atoms with Gasteiger partial charge >= 0.3 is 0 Å². The van der Waals surface area contributed by atoms with E-state index in [1.807, 2.05) is 31.2 Å². The summed E-state index contributed by atoms with van der Waals surface area (Å²) >= 11 is 0. The summed E-state index contributed by atoms with van der Waals surface area (Å²) in [5.74, 6) is 0.181. The zero-order valence-corrected chi connectivity index (χ0v) is 13.7. The fraction of sp³-hybridized carbons (Fsp3) is 0.105. The normalized spacial score (nSPS) is 10.3. The SMILES string of the molecule is Cc1ccc(Nc2ccc(NC(=O)Cc3ccc(F)cc3)cc2)nn1. The highest BCUT2D eigenvalue weighted by Crippen LogP contribution is 2.17. The van der Waals surface area contributed by atoms with Gasteiger partial charge in [0.25, 0.3) is 0 Å². The van der Waals surface area contributed by atoms with Gasteiger partial charge in [0.1, 0.15) is 5.82 Å². The highest BCUT2D eigenvalue weighted by molar-refractivity contribution is 5.92. The summed E-state index contributed by atoms with van der Waals surface area (Å²) in [7, 11) is 0. The number of carbonyl (C=O) groups is 1. The Morgan fingerprint density at radius 1 is 0.920 bits per heavy atom. The number of rotatable bonds is 5. The van der Waals surface area contributed by atoms with Crippen LogP contribution in [0.1, 0.15) is 11.3 Å². The number of anilines is 3.